The minimum absolute atomic E-state index is 0.0460. The molecule has 14 heavy (non-hydrogen) atoms. The van der Waals surface area contributed by atoms with Gasteiger partial charge in [0.05, 0.1) is 11.8 Å². The van der Waals surface area contributed by atoms with Gasteiger partial charge in [0.15, 0.2) is 0 Å². The monoisotopic (exact) mass is 197 g/mol. The maximum absolute atomic E-state index is 10.9. The molecule has 6 nitrogen and oxygen atoms in total. The zero-order valence-corrected chi connectivity index (χ0v) is 7.67. The Labute approximate surface area is 80.3 Å². The van der Waals surface area contributed by atoms with Crippen molar-refractivity contribution in [2.75, 3.05) is 0 Å². The van der Waals surface area contributed by atoms with Crippen LogP contribution in [0.4, 0.5) is 0 Å². The second-order valence-electron chi connectivity index (χ2n) is 2.84. The summed E-state index contributed by atoms with van der Waals surface area (Å²) in [5, 5.41) is 12.4. The molecule has 1 aromatic heterocycles. The average molecular weight is 197 g/mol. The molecule has 1 amide bonds. The van der Waals surface area contributed by atoms with E-state index in [1.165, 1.54) is 17.1 Å². The molecule has 0 saturated heterocycles. The van der Waals surface area contributed by atoms with Crippen LogP contribution in [0.1, 0.15) is 29.7 Å². The Bertz CT molecular complexity index is 358. The quantitative estimate of drug-likeness (QED) is 0.710. The Balaban J connectivity index is 2.95. The number of carbonyl (C=O) groups is 2. The van der Waals surface area contributed by atoms with E-state index in [-0.39, 0.29) is 5.56 Å². The Morgan fingerprint density at radius 3 is 2.71 bits per heavy atom. The van der Waals surface area contributed by atoms with Gasteiger partial charge in [0, 0.05) is 6.20 Å². The minimum atomic E-state index is -1.07. The van der Waals surface area contributed by atoms with E-state index in [9.17, 15) is 9.59 Å². The van der Waals surface area contributed by atoms with Crippen LogP contribution in [0.5, 0.6) is 0 Å². The van der Waals surface area contributed by atoms with E-state index in [4.69, 9.17) is 10.8 Å². The molecule has 0 fully saturated rings. The van der Waals surface area contributed by atoms with Gasteiger partial charge in [-0.15, -0.1) is 0 Å². The summed E-state index contributed by atoms with van der Waals surface area (Å²) in [6.45, 7) is 1.78. The largest absolute Gasteiger partial charge is 0.478 e. The lowest BCUT2D eigenvalue weighted by atomic mass is 10.2. The van der Waals surface area contributed by atoms with E-state index in [2.05, 4.69) is 5.10 Å². The van der Waals surface area contributed by atoms with Crippen molar-refractivity contribution in [3.8, 4) is 0 Å². The van der Waals surface area contributed by atoms with Gasteiger partial charge in [0.25, 0.3) is 0 Å². The van der Waals surface area contributed by atoms with Crippen molar-refractivity contribution in [1.82, 2.24) is 9.78 Å². The van der Waals surface area contributed by atoms with E-state index < -0.39 is 17.9 Å². The Kier molecular flexibility index (Phi) is 2.85. The summed E-state index contributed by atoms with van der Waals surface area (Å²) < 4.78 is 1.27. The molecule has 1 unspecified atom stereocenters. The predicted octanol–water partition coefficient (Wildman–Crippen LogP) is 0.0177. The van der Waals surface area contributed by atoms with Gasteiger partial charge in [-0.25, -0.2) is 4.79 Å². The number of rotatable bonds is 4. The van der Waals surface area contributed by atoms with E-state index in [1.54, 1.807) is 6.92 Å². The molecule has 0 saturated carbocycles. The molecule has 76 valence electrons. The first-order valence-electron chi connectivity index (χ1n) is 4.13. The highest BCUT2D eigenvalue weighted by molar-refractivity contribution is 5.87. The van der Waals surface area contributed by atoms with Gasteiger partial charge in [0.1, 0.15) is 6.04 Å². The van der Waals surface area contributed by atoms with Crippen LogP contribution < -0.4 is 5.73 Å². The van der Waals surface area contributed by atoms with Crippen LogP contribution in [0.3, 0.4) is 0 Å². The summed E-state index contributed by atoms with van der Waals surface area (Å²) >= 11 is 0. The van der Waals surface area contributed by atoms with Crippen molar-refractivity contribution >= 4 is 11.9 Å². The highest BCUT2D eigenvalue weighted by Crippen LogP contribution is 2.10. The van der Waals surface area contributed by atoms with Crippen molar-refractivity contribution in [3.05, 3.63) is 18.0 Å². The zero-order valence-electron chi connectivity index (χ0n) is 7.67. The molecule has 0 aromatic carbocycles. The van der Waals surface area contributed by atoms with E-state index in [1.807, 2.05) is 0 Å². The molecule has 1 rings (SSSR count). The molecule has 1 heterocycles. The van der Waals surface area contributed by atoms with Crippen molar-refractivity contribution in [2.24, 2.45) is 5.73 Å². The summed E-state index contributed by atoms with van der Waals surface area (Å²) in [7, 11) is 0. The predicted molar refractivity (Wildman–Crippen MR) is 47.7 cm³/mol. The molecule has 0 radical (unpaired) electrons. The number of carbonyl (C=O) groups excluding carboxylic acids is 1. The highest BCUT2D eigenvalue weighted by Gasteiger charge is 2.17. The molecule has 0 bridgehead atoms. The number of hydrogen-bond donors (Lipinski definition) is 2. The maximum atomic E-state index is 10.9. The van der Waals surface area contributed by atoms with Crippen LogP contribution in [0.15, 0.2) is 12.4 Å². The van der Waals surface area contributed by atoms with Gasteiger partial charge in [0.2, 0.25) is 5.91 Å². The first kappa shape index (κ1) is 10.2. The van der Waals surface area contributed by atoms with Crippen LogP contribution in [0, 0.1) is 0 Å². The van der Waals surface area contributed by atoms with E-state index >= 15 is 0 Å². The lowest BCUT2D eigenvalue weighted by molar-refractivity contribution is -0.121. The SMILES string of the molecule is CCC(C(N)=O)n1cc(C(=O)O)cn1. The van der Waals surface area contributed by atoms with Crippen LogP contribution in [0.2, 0.25) is 0 Å². The van der Waals surface area contributed by atoms with Gasteiger partial charge in [-0.3, -0.25) is 9.48 Å². The first-order chi connectivity index (χ1) is 6.56. The fourth-order valence-corrected chi connectivity index (χ4v) is 1.14. The molecule has 1 aromatic rings. The number of nitrogens with zero attached hydrogens (tertiary/aromatic N) is 2. The second-order valence-corrected chi connectivity index (χ2v) is 2.84. The molecule has 0 aliphatic rings. The maximum Gasteiger partial charge on any atom is 0.338 e. The highest BCUT2D eigenvalue weighted by atomic mass is 16.4. The topological polar surface area (TPSA) is 98.2 Å². The lowest BCUT2D eigenvalue weighted by Crippen LogP contribution is -2.26. The molecular formula is C8H11N3O3. The number of amides is 1. The number of primary amides is 1. The molecule has 3 N–H and O–H groups in total. The van der Waals surface area contributed by atoms with Crippen LogP contribution in [0.25, 0.3) is 0 Å². The third-order valence-corrected chi connectivity index (χ3v) is 1.88. The molecule has 6 heteroatoms. The number of carboxylic acid groups (broad SMARTS) is 1. The van der Waals surface area contributed by atoms with Crippen LogP contribution in [-0.4, -0.2) is 26.8 Å². The van der Waals surface area contributed by atoms with Gasteiger partial charge >= 0.3 is 5.97 Å². The molecular weight excluding hydrogens is 186 g/mol. The van der Waals surface area contributed by atoms with Gasteiger partial charge in [-0.2, -0.15) is 5.10 Å². The average Bonchev–Trinajstić information content (AvgIpc) is 2.53. The number of carboxylic acids is 1. The molecule has 1 atom stereocenters. The Morgan fingerprint density at radius 2 is 2.36 bits per heavy atom. The fraction of sp³-hybridized carbons (Fsp3) is 0.375. The second kappa shape index (κ2) is 3.91. The van der Waals surface area contributed by atoms with Crippen molar-refractivity contribution in [1.29, 1.82) is 0 Å². The van der Waals surface area contributed by atoms with Crippen molar-refractivity contribution in [3.63, 3.8) is 0 Å². The fourth-order valence-electron chi connectivity index (χ4n) is 1.14. The smallest absolute Gasteiger partial charge is 0.338 e. The number of hydrogen-bond acceptors (Lipinski definition) is 3. The Hall–Kier alpha value is -1.85. The summed E-state index contributed by atoms with van der Waals surface area (Å²) in [6.07, 6.45) is 2.96. The standard InChI is InChI=1S/C8H11N3O3/c1-2-6(7(9)12)11-4-5(3-10-11)8(13)14/h3-4,6H,2H2,1H3,(H2,9,12)(H,13,14). The molecule has 0 aliphatic carbocycles. The summed E-state index contributed by atoms with van der Waals surface area (Å²) in [5.74, 6) is -1.59. The summed E-state index contributed by atoms with van der Waals surface area (Å²) in [4.78, 5) is 21.4. The Morgan fingerprint density at radius 1 is 1.71 bits per heavy atom. The lowest BCUT2D eigenvalue weighted by Gasteiger charge is -2.10. The van der Waals surface area contributed by atoms with Gasteiger partial charge in [-0.05, 0) is 6.42 Å². The molecule has 0 spiro atoms. The third kappa shape index (κ3) is 1.90. The van der Waals surface area contributed by atoms with Crippen LogP contribution in [-0.2, 0) is 4.79 Å². The third-order valence-electron chi connectivity index (χ3n) is 1.88. The van der Waals surface area contributed by atoms with E-state index in [0.29, 0.717) is 6.42 Å². The van der Waals surface area contributed by atoms with Crippen molar-refractivity contribution in [2.45, 2.75) is 19.4 Å². The molecule has 0 aliphatic heterocycles. The summed E-state index contributed by atoms with van der Waals surface area (Å²) in [6, 6.07) is -0.580. The normalized spacial score (nSPS) is 12.4. The van der Waals surface area contributed by atoms with Gasteiger partial charge in [-0.1, -0.05) is 6.92 Å². The summed E-state index contributed by atoms with van der Waals surface area (Å²) in [5.41, 5.74) is 5.16. The number of nitrogens with two attached hydrogens (primary N) is 1. The van der Waals surface area contributed by atoms with Crippen molar-refractivity contribution < 1.29 is 14.7 Å². The number of aromatic carboxylic acids is 1. The number of aromatic nitrogens is 2. The first-order valence-corrected chi connectivity index (χ1v) is 4.13. The minimum Gasteiger partial charge on any atom is -0.478 e. The van der Waals surface area contributed by atoms with Gasteiger partial charge < -0.3 is 10.8 Å². The van der Waals surface area contributed by atoms with E-state index in [0.717, 1.165) is 0 Å². The van der Waals surface area contributed by atoms with Crippen LogP contribution >= 0.6 is 0 Å². The zero-order chi connectivity index (χ0) is 10.7.